The molecule has 0 saturated carbocycles. The maximum Gasteiger partial charge on any atom is 0.312 e. The lowest BCUT2D eigenvalue weighted by Crippen LogP contribution is -2.39. The SMILES string of the molecule is CS(=O)(=O)N1CCCC(CCn2c(Cc3cc4c(cc3-c3ccn[nH]3)OCO4)nc3c(N)nc(F)nc32)C1. The molecule has 4 aromatic rings. The Morgan fingerprint density at radius 2 is 2.03 bits per heavy atom. The number of nitrogen functional groups attached to an aromatic ring is 1. The average molecular weight is 543 g/mol. The van der Waals surface area contributed by atoms with Crippen molar-refractivity contribution in [3.8, 4) is 22.8 Å². The van der Waals surface area contributed by atoms with Crippen LogP contribution in [0, 0.1) is 12.0 Å². The van der Waals surface area contributed by atoms with Crippen molar-refractivity contribution in [1.29, 1.82) is 0 Å². The zero-order chi connectivity index (χ0) is 26.4. The Morgan fingerprint density at radius 3 is 2.79 bits per heavy atom. The van der Waals surface area contributed by atoms with Gasteiger partial charge in [0.15, 0.2) is 28.5 Å². The maximum absolute atomic E-state index is 14.2. The highest BCUT2D eigenvalue weighted by Crippen LogP contribution is 2.39. The van der Waals surface area contributed by atoms with Crippen LogP contribution < -0.4 is 15.2 Å². The van der Waals surface area contributed by atoms with Crippen LogP contribution in [0.4, 0.5) is 10.2 Å². The minimum absolute atomic E-state index is 0.0344. The van der Waals surface area contributed by atoms with E-state index in [4.69, 9.17) is 20.2 Å². The van der Waals surface area contributed by atoms with E-state index in [-0.39, 0.29) is 18.5 Å². The van der Waals surface area contributed by atoms with E-state index in [0.29, 0.717) is 61.0 Å². The predicted molar refractivity (Wildman–Crippen MR) is 136 cm³/mol. The van der Waals surface area contributed by atoms with Crippen molar-refractivity contribution < 1.29 is 22.3 Å². The summed E-state index contributed by atoms with van der Waals surface area (Å²) in [6.07, 6.45) is 4.72. The van der Waals surface area contributed by atoms with E-state index in [1.807, 2.05) is 22.8 Å². The topological polar surface area (TPSA) is 154 Å². The second kappa shape index (κ2) is 9.51. The minimum Gasteiger partial charge on any atom is -0.454 e. The molecule has 0 spiro atoms. The molecule has 1 aromatic carbocycles. The van der Waals surface area contributed by atoms with Gasteiger partial charge in [-0.15, -0.1) is 0 Å². The van der Waals surface area contributed by atoms with Crippen LogP contribution in [0.15, 0.2) is 24.4 Å². The first-order valence-corrected chi connectivity index (χ1v) is 14.2. The van der Waals surface area contributed by atoms with Gasteiger partial charge in [0, 0.05) is 37.8 Å². The third-order valence-corrected chi connectivity index (χ3v) is 8.39. The zero-order valence-electron chi connectivity index (χ0n) is 20.7. The van der Waals surface area contributed by atoms with Crippen molar-refractivity contribution >= 4 is 27.0 Å². The standard InChI is InChI=1S/C24H27FN8O4S/c1-38(34,35)32-7-2-3-14(12-32)5-8-33-20(28-21-22(26)29-24(25)30-23(21)33)10-15-9-18-19(37-13-36-18)11-16(15)17-4-6-27-31-17/h4,6,9,11,14H,2-3,5,7-8,10,12-13H2,1H3,(H,27,31)(H2,26,29,30). The molecule has 200 valence electrons. The molecule has 2 aliphatic rings. The fourth-order valence-electron chi connectivity index (χ4n) is 5.24. The number of nitrogens with zero attached hydrogens (tertiary/aromatic N) is 6. The molecular formula is C24H27FN8O4S. The number of nitrogens with one attached hydrogen (secondary N) is 1. The Morgan fingerprint density at radius 1 is 1.21 bits per heavy atom. The third kappa shape index (κ3) is 4.65. The molecule has 0 radical (unpaired) electrons. The number of sulfonamides is 1. The number of aryl methyl sites for hydroxylation is 1. The maximum atomic E-state index is 14.2. The van der Waals surface area contributed by atoms with Gasteiger partial charge in [0.2, 0.25) is 16.8 Å². The first kappa shape index (κ1) is 24.6. The van der Waals surface area contributed by atoms with Crippen LogP contribution in [-0.2, 0) is 23.0 Å². The number of ether oxygens (including phenoxy) is 2. The van der Waals surface area contributed by atoms with E-state index in [0.717, 1.165) is 29.7 Å². The van der Waals surface area contributed by atoms with Crippen molar-refractivity contribution in [1.82, 2.24) is 34.0 Å². The molecule has 12 nitrogen and oxygen atoms in total. The minimum atomic E-state index is -3.26. The van der Waals surface area contributed by atoms with Gasteiger partial charge < -0.3 is 19.8 Å². The molecule has 1 saturated heterocycles. The molecule has 0 amide bonds. The van der Waals surface area contributed by atoms with Gasteiger partial charge in [0.05, 0.1) is 11.9 Å². The fourth-order valence-corrected chi connectivity index (χ4v) is 6.18. The Kier molecular flexibility index (Phi) is 6.14. The summed E-state index contributed by atoms with van der Waals surface area (Å²) in [5.41, 5.74) is 9.22. The van der Waals surface area contributed by atoms with Gasteiger partial charge in [0.1, 0.15) is 5.82 Å². The van der Waals surface area contributed by atoms with E-state index in [1.54, 1.807) is 6.20 Å². The number of hydrogen-bond donors (Lipinski definition) is 2. The van der Waals surface area contributed by atoms with E-state index in [9.17, 15) is 12.8 Å². The second-order valence-corrected chi connectivity index (χ2v) is 11.6. The summed E-state index contributed by atoms with van der Waals surface area (Å²) in [4.78, 5) is 12.4. The first-order chi connectivity index (χ1) is 18.3. The molecule has 3 N–H and O–H groups in total. The molecule has 0 aliphatic carbocycles. The lowest BCUT2D eigenvalue weighted by atomic mass is 9.96. The largest absolute Gasteiger partial charge is 0.454 e. The Hall–Kier alpha value is -3.78. The number of hydrogen-bond acceptors (Lipinski definition) is 9. The van der Waals surface area contributed by atoms with Crippen molar-refractivity contribution in [2.24, 2.45) is 5.92 Å². The summed E-state index contributed by atoms with van der Waals surface area (Å²) in [7, 11) is -3.26. The van der Waals surface area contributed by atoms with Crippen molar-refractivity contribution in [2.45, 2.75) is 32.2 Å². The van der Waals surface area contributed by atoms with Gasteiger partial charge in [-0.2, -0.15) is 19.5 Å². The van der Waals surface area contributed by atoms with Gasteiger partial charge in [-0.05, 0) is 48.9 Å². The molecule has 2 aliphatic heterocycles. The quantitative estimate of drug-likeness (QED) is 0.335. The second-order valence-electron chi connectivity index (χ2n) is 9.66. The highest BCUT2D eigenvalue weighted by molar-refractivity contribution is 7.88. The molecule has 0 bridgehead atoms. The van der Waals surface area contributed by atoms with Gasteiger partial charge in [-0.1, -0.05) is 0 Å². The Balaban J connectivity index is 1.37. The van der Waals surface area contributed by atoms with E-state index in [1.165, 1.54) is 10.6 Å². The highest BCUT2D eigenvalue weighted by Gasteiger charge is 2.27. The van der Waals surface area contributed by atoms with Crippen LogP contribution in [0.1, 0.15) is 30.7 Å². The number of piperidine rings is 1. The number of fused-ring (bicyclic) bond motifs is 2. The molecular weight excluding hydrogens is 515 g/mol. The van der Waals surface area contributed by atoms with E-state index in [2.05, 4.69) is 20.2 Å². The number of benzene rings is 1. The number of halogens is 1. The normalized spacial score (nSPS) is 17.9. The van der Waals surface area contributed by atoms with Gasteiger partial charge in [-0.25, -0.2) is 17.7 Å². The van der Waals surface area contributed by atoms with E-state index >= 15 is 0 Å². The van der Waals surface area contributed by atoms with Crippen LogP contribution in [0.2, 0.25) is 0 Å². The molecule has 14 heteroatoms. The highest BCUT2D eigenvalue weighted by atomic mass is 32.2. The summed E-state index contributed by atoms with van der Waals surface area (Å²) in [5.74, 6) is 2.00. The van der Waals surface area contributed by atoms with Crippen molar-refractivity contribution in [3.63, 3.8) is 0 Å². The predicted octanol–water partition coefficient (Wildman–Crippen LogP) is 2.32. The average Bonchev–Trinajstić information content (AvgIpc) is 3.62. The number of anilines is 1. The summed E-state index contributed by atoms with van der Waals surface area (Å²) in [6, 6.07) is 5.66. The summed E-state index contributed by atoms with van der Waals surface area (Å²) in [5, 5.41) is 7.07. The zero-order valence-corrected chi connectivity index (χ0v) is 21.5. The molecule has 5 heterocycles. The smallest absolute Gasteiger partial charge is 0.312 e. The molecule has 1 unspecified atom stereocenters. The Labute approximate surface area is 218 Å². The first-order valence-electron chi connectivity index (χ1n) is 12.3. The van der Waals surface area contributed by atoms with Gasteiger partial charge in [0.25, 0.3) is 0 Å². The number of rotatable bonds is 7. The number of aromatic amines is 1. The summed E-state index contributed by atoms with van der Waals surface area (Å²) >= 11 is 0. The van der Waals surface area contributed by atoms with Crippen LogP contribution in [0.5, 0.6) is 11.5 Å². The lowest BCUT2D eigenvalue weighted by Gasteiger charge is -2.31. The van der Waals surface area contributed by atoms with E-state index < -0.39 is 16.1 Å². The molecule has 6 rings (SSSR count). The third-order valence-electron chi connectivity index (χ3n) is 7.12. The van der Waals surface area contributed by atoms with Crippen molar-refractivity contribution in [3.05, 3.63) is 41.9 Å². The monoisotopic (exact) mass is 542 g/mol. The fraction of sp³-hybridized carbons (Fsp3) is 0.417. The number of imidazole rings is 1. The summed E-state index contributed by atoms with van der Waals surface area (Å²) in [6.45, 7) is 1.59. The summed E-state index contributed by atoms with van der Waals surface area (Å²) < 4.78 is 53.0. The van der Waals surface area contributed by atoms with Gasteiger partial charge >= 0.3 is 6.08 Å². The number of nitrogens with two attached hydrogens (primary N) is 1. The lowest BCUT2D eigenvalue weighted by molar-refractivity contribution is 0.174. The number of H-pyrrole nitrogens is 1. The Bertz CT molecular complexity index is 1610. The molecule has 1 fully saturated rings. The van der Waals surface area contributed by atoms with Crippen LogP contribution in [0.25, 0.3) is 22.4 Å². The molecule has 38 heavy (non-hydrogen) atoms. The van der Waals surface area contributed by atoms with Crippen LogP contribution in [-0.4, -0.2) is 68.6 Å². The van der Waals surface area contributed by atoms with Crippen molar-refractivity contribution in [2.75, 3.05) is 31.9 Å². The van der Waals surface area contributed by atoms with Crippen LogP contribution in [0.3, 0.4) is 0 Å². The number of aromatic nitrogens is 6. The van der Waals surface area contributed by atoms with Crippen LogP contribution >= 0.6 is 0 Å². The van der Waals surface area contributed by atoms with Gasteiger partial charge in [-0.3, -0.25) is 5.10 Å². The molecule has 3 aromatic heterocycles. The molecule has 1 atom stereocenters.